The van der Waals surface area contributed by atoms with Gasteiger partial charge in [0.1, 0.15) is 5.69 Å². The first-order chi connectivity index (χ1) is 12.5. The van der Waals surface area contributed by atoms with Crippen LogP contribution in [0.5, 0.6) is 0 Å². The van der Waals surface area contributed by atoms with E-state index in [4.69, 9.17) is 4.74 Å². The number of pyridine rings is 1. The Hall–Kier alpha value is -2.31. The second-order valence-electron chi connectivity index (χ2n) is 6.98. The fourth-order valence-electron chi connectivity index (χ4n) is 2.84. The van der Waals surface area contributed by atoms with E-state index in [1.54, 1.807) is 17.2 Å². The van der Waals surface area contributed by atoms with E-state index >= 15 is 0 Å². The van der Waals surface area contributed by atoms with Gasteiger partial charge in [0.05, 0.1) is 18.5 Å². The Balaban J connectivity index is 1.77. The third-order valence-corrected chi connectivity index (χ3v) is 4.40. The number of carbonyl (C=O) groups is 2. The molecule has 1 fully saturated rings. The maximum absolute atomic E-state index is 12.0. The lowest BCUT2D eigenvalue weighted by Crippen LogP contribution is -2.42. The molecule has 2 heterocycles. The summed E-state index contributed by atoms with van der Waals surface area (Å²) in [5.74, 6) is 0.421. The van der Waals surface area contributed by atoms with Crippen molar-refractivity contribution in [2.45, 2.75) is 46.1 Å². The van der Waals surface area contributed by atoms with Crippen LogP contribution in [0.3, 0.4) is 0 Å². The van der Waals surface area contributed by atoms with Gasteiger partial charge in [0.2, 0.25) is 0 Å². The minimum Gasteiger partial charge on any atom is -0.450 e. The summed E-state index contributed by atoms with van der Waals surface area (Å²) in [5, 5.41) is 6.31. The van der Waals surface area contributed by atoms with Gasteiger partial charge in [-0.2, -0.15) is 0 Å². The largest absolute Gasteiger partial charge is 0.450 e. The van der Waals surface area contributed by atoms with Gasteiger partial charge in [-0.1, -0.05) is 13.8 Å². The number of carbonyl (C=O) groups excluding carboxylic acids is 2. The van der Waals surface area contributed by atoms with E-state index < -0.39 is 0 Å². The smallest absolute Gasteiger partial charge is 0.409 e. The lowest BCUT2D eigenvalue weighted by atomic mass is 10.1. The number of nitrogens with one attached hydrogen (secondary N) is 2. The molecule has 7 nitrogen and oxygen atoms in total. The maximum atomic E-state index is 12.0. The third-order valence-electron chi connectivity index (χ3n) is 4.40. The molecule has 1 saturated heterocycles. The van der Waals surface area contributed by atoms with Crippen LogP contribution in [0.4, 0.5) is 10.5 Å². The van der Waals surface area contributed by atoms with Gasteiger partial charge in [-0.05, 0) is 44.2 Å². The van der Waals surface area contributed by atoms with E-state index in [-0.39, 0.29) is 18.0 Å². The zero-order chi connectivity index (χ0) is 18.9. The summed E-state index contributed by atoms with van der Waals surface area (Å²) in [4.78, 5) is 29.7. The number of hydrogen-bond donors (Lipinski definition) is 2. The summed E-state index contributed by atoms with van der Waals surface area (Å²) in [6.45, 7) is 8.50. The van der Waals surface area contributed by atoms with Crippen LogP contribution in [0.25, 0.3) is 0 Å². The average molecular weight is 362 g/mol. The summed E-state index contributed by atoms with van der Waals surface area (Å²) in [5.41, 5.74) is 1.31. The summed E-state index contributed by atoms with van der Waals surface area (Å²) in [6, 6.07) is 3.90. The highest BCUT2D eigenvalue weighted by atomic mass is 16.6. The van der Waals surface area contributed by atoms with Crippen LogP contribution >= 0.6 is 0 Å². The topological polar surface area (TPSA) is 83.6 Å². The Morgan fingerprint density at radius 2 is 2.04 bits per heavy atom. The highest BCUT2D eigenvalue weighted by molar-refractivity contribution is 5.92. The number of anilines is 1. The molecule has 144 valence electrons. The number of amides is 2. The SMILES string of the molecule is CCOC(=O)N1CCC(Nc2ccc(C(=O)NCCC(C)C)nc2)CC1. The molecule has 0 radical (unpaired) electrons. The highest BCUT2D eigenvalue weighted by Gasteiger charge is 2.23. The number of piperidine rings is 1. The zero-order valence-electron chi connectivity index (χ0n) is 16.0. The molecular formula is C19H30N4O3. The number of hydrogen-bond acceptors (Lipinski definition) is 5. The molecule has 0 unspecified atom stereocenters. The second-order valence-corrected chi connectivity index (χ2v) is 6.98. The van der Waals surface area contributed by atoms with Gasteiger partial charge in [-0.3, -0.25) is 4.79 Å². The molecule has 2 N–H and O–H groups in total. The van der Waals surface area contributed by atoms with Crippen LogP contribution < -0.4 is 10.6 Å². The van der Waals surface area contributed by atoms with Crippen molar-refractivity contribution in [3.63, 3.8) is 0 Å². The minimum absolute atomic E-state index is 0.139. The first-order valence-electron chi connectivity index (χ1n) is 9.42. The monoisotopic (exact) mass is 362 g/mol. The van der Waals surface area contributed by atoms with E-state index in [2.05, 4.69) is 29.5 Å². The van der Waals surface area contributed by atoms with E-state index in [9.17, 15) is 9.59 Å². The Kier molecular flexibility index (Phi) is 7.69. The Bertz CT molecular complexity index is 581. The molecule has 0 bridgehead atoms. The molecule has 1 aliphatic rings. The predicted octanol–water partition coefficient (Wildman–Crippen LogP) is 2.89. The number of likely N-dealkylation sites (tertiary alicyclic amines) is 1. The molecule has 1 aromatic heterocycles. The number of rotatable bonds is 7. The first-order valence-corrected chi connectivity index (χ1v) is 9.42. The van der Waals surface area contributed by atoms with Crippen molar-refractivity contribution in [1.82, 2.24) is 15.2 Å². The van der Waals surface area contributed by atoms with Crippen LogP contribution in [-0.4, -0.2) is 54.2 Å². The molecule has 2 rings (SSSR count). The molecule has 26 heavy (non-hydrogen) atoms. The van der Waals surface area contributed by atoms with Gasteiger partial charge in [-0.25, -0.2) is 9.78 Å². The Morgan fingerprint density at radius 3 is 2.62 bits per heavy atom. The molecule has 0 saturated carbocycles. The van der Waals surface area contributed by atoms with Gasteiger partial charge < -0.3 is 20.3 Å². The highest BCUT2D eigenvalue weighted by Crippen LogP contribution is 2.17. The summed E-state index contributed by atoms with van der Waals surface area (Å²) in [6.07, 6.45) is 4.12. The molecule has 0 atom stereocenters. The van der Waals surface area contributed by atoms with Gasteiger partial charge >= 0.3 is 6.09 Å². The van der Waals surface area contributed by atoms with Crippen molar-refractivity contribution in [3.05, 3.63) is 24.0 Å². The van der Waals surface area contributed by atoms with E-state index in [1.165, 1.54) is 0 Å². The van der Waals surface area contributed by atoms with Gasteiger partial charge in [0.15, 0.2) is 0 Å². The van der Waals surface area contributed by atoms with Crippen LogP contribution in [0.15, 0.2) is 18.3 Å². The van der Waals surface area contributed by atoms with Gasteiger partial charge in [0, 0.05) is 25.7 Å². The molecule has 0 spiro atoms. The molecule has 2 amide bonds. The van der Waals surface area contributed by atoms with E-state index in [1.807, 2.05) is 13.0 Å². The normalized spacial score (nSPS) is 15.0. The van der Waals surface area contributed by atoms with Gasteiger partial charge in [0.25, 0.3) is 5.91 Å². The second kappa shape index (κ2) is 9.99. The van der Waals surface area contributed by atoms with E-state index in [0.29, 0.717) is 37.9 Å². The van der Waals surface area contributed by atoms with Crippen molar-refractivity contribution in [3.8, 4) is 0 Å². The molecule has 0 aromatic carbocycles. The van der Waals surface area contributed by atoms with Crippen molar-refractivity contribution in [2.75, 3.05) is 31.6 Å². The molecular weight excluding hydrogens is 332 g/mol. The predicted molar refractivity (Wildman–Crippen MR) is 101 cm³/mol. The first kappa shape index (κ1) is 20.0. The zero-order valence-corrected chi connectivity index (χ0v) is 16.0. The summed E-state index contributed by atoms with van der Waals surface area (Å²) >= 11 is 0. The van der Waals surface area contributed by atoms with Crippen LogP contribution in [0.2, 0.25) is 0 Å². The fourth-order valence-corrected chi connectivity index (χ4v) is 2.84. The van der Waals surface area contributed by atoms with Crippen molar-refractivity contribution >= 4 is 17.7 Å². The maximum Gasteiger partial charge on any atom is 0.409 e. The summed E-state index contributed by atoms with van der Waals surface area (Å²) in [7, 11) is 0. The summed E-state index contributed by atoms with van der Waals surface area (Å²) < 4.78 is 5.03. The number of aromatic nitrogens is 1. The standard InChI is InChI=1S/C19H30N4O3/c1-4-26-19(25)23-11-8-15(9-12-23)22-16-5-6-17(21-13-16)18(24)20-10-7-14(2)3/h5-6,13-15,22H,4,7-12H2,1-3H3,(H,20,24). The van der Waals surface area contributed by atoms with Crippen molar-refractivity contribution in [2.24, 2.45) is 5.92 Å². The minimum atomic E-state index is -0.236. The van der Waals surface area contributed by atoms with Gasteiger partial charge in [-0.15, -0.1) is 0 Å². The van der Waals surface area contributed by atoms with Crippen LogP contribution in [-0.2, 0) is 4.74 Å². The average Bonchev–Trinajstić information content (AvgIpc) is 2.63. The van der Waals surface area contributed by atoms with Crippen LogP contribution in [0.1, 0.15) is 50.5 Å². The van der Waals surface area contributed by atoms with Crippen molar-refractivity contribution in [1.29, 1.82) is 0 Å². The Labute approximate surface area is 155 Å². The number of ether oxygens (including phenoxy) is 1. The quantitative estimate of drug-likeness (QED) is 0.779. The molecule has 1 aromatic rings. The molecule has 7 heteroatoms. The molecule has 0 aliphatic carbocycles. The lowest BCUT2D eigenvalue weighted by molar-refractivity contribution is 0.0945. The fraction of sp³-hybridized carbons (Fsp3) is 0.632. The Morgan fingerprint density at radius 1 is 1.31 bits per heavy atom. The van der Waals surface area contributed by atoms with Crippen molar-refractivity contribution < 1.29 is 14.3 Å². The third kappa shape index (κ3) is 6.20. The molecule has 1 aliphatic heterocycles. The lowest BCUT2D eigenvalue weighted by Gasteiger charge is -2.32. The van der Waals surface area contributed by atoms with Crippen LogP contribution in [0, 0.1) is 5.92 Å². The van der Waals surface area contributed by atoms with E-state index in [0.717, 1.165) is 24.9 Å². The number of nitrogens with zero attached hydrogens (tertiary/aromatic N) is 2.